The van der Waals surface area contributed by atoms with Crippen LogP contribution in [0.3, 0.4) is 0 Å². The highest BCUT2D eigenvalue weighted by molar-refractivity contribution is 6.35. The number of benzene rings is 1. The van der Waals surface area contributed by atoms with Gasteiger partial charge in [0.2, 0.25) is 0 Å². The molecule has 2 N–H and O–H groups in total. The Morgan fingerprint density at radius 1 is 1.29 bits per heavy atom. The van der Waals surface area contributed by atoms with E-state index in [-0.39, 0.29) is 12.6 Å². The molecular weight excluding hydrogens is 345 g/mol. The number of anilines is 1. The molecule has 0 aliphatic carbocycles. The van der Waals surface area contributed by atoms with E-state index < -0.39 is 0 Å². The predicted molar refractivity (Wildman–Crippen MR) is 103 cm³/mol. The Morgan fingerprint density at radius 3 is 2.79 bits per heavy atom. The van der Waals surface area contributed by atoms with E-state index in [0.29, 0.717) is 10.0 Å². The lowest BCUT2D eigenvalue weighted by Crippen LogP contribution is -2.28. The van der Waals surface area contributed by atoms with Crippen molar-refractivity contribution in [1.29, 1.82) is 0 Å². The lowest BCUT2D eigenvalue weighted by molar-refractivity contribution is 0.199. The molecule has 0 aliphatic heterocycles. The number of fused-ring (bicyclic) bond motifs is 1. The Kier molecular flexibility index (Phi) is 7.56. The van der Waals surface area contributed by atoms with Crippen LogP contribution in [-0.4, -0.2) is 47.3 Å². The van der Waals surface area contributed by atoms with Crippen molar-refractivity contribution in [2.24, 2.45) is 0 Å². The van der Waals surface area contributed by atoms with Gasteiger partial charge >= 0.3 is 0 Å². The average molecular weight is 370 g/mol. The van der Waals surface area contributed by atoms with Crippen LogP contribution in [0, 0.1) is 0 Å². The van der Waals surface area contributed by atoms with Crippen LogP contribution >= 0.6 is 23.2 Å². The topological polar surface area (TPSA) is 48.4 Å². The summed E-state index contributed by atoms with van der Waals surface area (Å²) in [6, 6.07) is 5.94. The lowest BCUT2D eigenvalue weighted by Gasteiger charge is -2.21. The minimum absolute atomic E-state index is 0.211. The van der Waals surface area contributed by atoms with E-state index in [1.54, 1.807) is 6.20 Å². The van der Waals surface area contributed by atoms with Crippen LogP contribution in [0.5, 0.6) is 0 Å². The van der Waals surface area contributed by atoms with Crippen molar-refractivity contribution in [3.8, 4) is 0 Å². The number of likely N-dealkylation sites (N-methyl/N-ethyl adjacent to an activating group) is 1. The van der Waals surface area contributed by atoms with Crippen molar-refractivity contribution in [2.75, 3.05) is 31.6 Å². The van der Waals surface area contributed by atoms with E-state index in [4.69, 9.17) is 28.3 Å². The van der Waals surface area contributed by atoms with Gasteiger partial charge in [-0.1, -0.05) is 30.1 Å². The maximum absolute atomic E-state index is 9.04. The van der Waals surface area contributed by atoms with Gasteiger partial charge in [-0.2, -0.15) is 0 Å². The molecule has 0 fully saturated rings. The summed E-state index contributed by atoms with van der Waals surface area (Å²) in [4.78, 5) is 6.59. The third-order valence-corrected chi connectivity index (χ3v) is 4.67. The van der Waals surface area contributed by atoms with Gasteiger partial charge in [-0.15, -0.1) is 0 Å². The quantitative estimate of drug-likeness (QED) is 0.685. The van der Waals surface area contributed by atoms with Crippen LogP contribution < -0.4 is 5.32 Å². The van der Waals surface area contributed by atoms with Crippen molar-refractivity contribution in [3.63, 3.8) is 0 Å². The Balaban J connectivity index is 2.00. The standard InChI is InChI=1S/C18H25Cl2N3O/c1-3-23(9-10-24)8-4-5-13(2)22-18-15-7-6-14(19)11-17(15)21-12-16(18)20/h6-7,11-13,24H,3-5,8-10H2,1-2H3,(H,21,22)/t13-/m1/s1. The molecule has 0 unspecified atom stereocenters. The van der Waals surface area contributed by atoms with Crippen LogP contribution in [0.4, 0.5) is 5.69 Å². The van der Waals surface area contributed by atoms with Gasteiger partial charge in [-0.25, -0.2) is 0 Å². The Labute approximate surface area is 153 Å². The lowest BCUT2D eigenvalue weighted by atomic mass is 10.1. The molecule has 0 radical (unpaired) electrons. The maximum Gasteiger partial charge on any atom is 0.0827 e. The molecule has 0 bridgehead atoms. The molecule has 0 saturated heterocycles. The summed E-state index contributed by atoms with van der Waals surface area (Å²) in [5.41, 5.74) is 1.75. The Morgan fingerprint density at radius 2 is 2.08 bits per heavy atom. The summed E-state index contributed by atoms with van der Waals surface area (Å²) < 4.78 is 0. The molecule has 2 aromatic rings. The number of nitrogens with zero attached hydrogens (tertiary/aromatic N) is 2. The molecule has 2 rings (SSSR count). The van der Waals surface area contributed by atoms with Gasteiger partial charge in [0.25, 0.3) is 0 Å². The molecule has 1 aromatic carbocycles. The van der Waals surface area contributed by atoms with Crippen LogP contribution in [0.2, 0.25) is 10.0 Å². The summed E-state index contributed by atoms with van der Waals surface area (Å²) in [7, 11) is 0. The minimum atomic E-state index is 0.211. The van der Waals surface area contributed by atoms with Crippen LogP contribution in [0.1, 0.15) is 26.7 Å². The number of rotatable bonds is 9. The monoisotopic (exact) mass is 369 g/mol. The second kappa shape index (κ2) is 9.42. The average Bonchev–Trinajstić information content (AvgIpc) is 2.56. The minimum Gasteiger partial charge on any atom is -0.395 e. The molecule has 132 valence electrons. The highest BCUT2D eigenvalue weighted by atomic mass is 35.5. The SMILES string of the molecule is CCN(CCO)CCC[C@@H](C)Nc1c(Cl)cnc2cc(Cl)ccc12. The van der Waals surface area contributed by atoms with E-state index in [0.717, 1.165) is 49.1 Å². The molecule has 0 amide bonds. The van der Waals surface area contributed by atoms with Gasteiger partial charge in [0.15, 0.2) is 0 Å². The second-order valence-electron chi connectivity index (χ2n) is 5.99. The largest absolute Gasteiger partial charge is 0.395 e. The van der Waals surface area contributed by atoms with Crippen molar-refractivity contribution in [2.45, 2.75) is 32.7 Å². The summed E-state index contributed by atoms with van der Waals surface area (Å²) >= 11 is 12.4. The number of aromatic nitrogens is 1. The fraction of sp³-hybridized carbons (Fsp3) is 0.500. The van der Waals surface area contributed by atoms with Gasteiger partial charge in [-0.3, -0.25) is 4.98 Å². The zero-order chi connectivity index (χ0) is 17.5. The number of hydrogen-bond acceptors (Lipinski definition) is 4. The number of hydrogen-bond donors (Lipinski definition) is 2. The van der Waals surface area contributed by atoms with Gasteiger partial charge < -0.3 is 15.3 Å². The fourth-order valence-corrected chi connectivity index (χ4v) is 3.17. The highest BCUT2D eigenvalue weighted by Crippen LogP contribution is 2.31. The van der Waals surface area contributed by atoms with Crippen LogP contribution in [0.15, 0.2) is 24.4 Å². The fourth-order valence-electron chi connectivity index (χ4n) is 2.80. The first-order valence-electron chi connectivity index (χ1n) is 8.38. The van der Waals surface area contributed by atoms with E-state index in [9.17, 15) is 0 Å². The maximum atomic E-state index is 9.04. The smallest absolute Gasteiger partial charge is 0.0827 e. The normalized spacial score (nSPS) is 12.8. The molecule has 6 heteroatoms. The van der Waals surface area contributed by atoms with Crippen molar-refractivity contribution < 1.29 is 5.11 Å². The molecule has 24 heavy (non-hydrogen) atoms. The number of halogens is 2. The zero-order valence-corrected chi connectivity index (χ0v) is 15.7. The van der Waals surface area contributed by atoms with Crippen molar-refractivity contribution in [1.82, 2.24) is 9.88 Å². The van der Waals surface area contributed by atoms with E-state index in [1.165, 1.54) is 0 Å². The van der Waals surface area contributed by atoms with Gasteiger partial charge in [0, 0.05) is 29.2 Å². The number of pyridine rings is 1. The first-order valence-corrected chi connectivity index (χ1v) is 9.14. The third-order valence-electron chi connectivity index (χ3n) is 4.15. The number of nitrogens with one attached hydrogen (secondary N) is 1. The summed E-state index contributed by atoms with van der Waals surface area (Å²) in [6.45, 7) is 7.17. The predicted octanol–water partition coefficient (Wildman–Crippen LogP) is 4.44. The van der Waals surface area contributed by atoms with E-state index in [1.807, 2.05) is 18.2 Å². The first kappa shape index (κ1) is 19.3. The third kappa shape index (κ3) is 5.21. The number of aliphatic hydroxyl groups is 1. The van der Waals surface area contributed by atoms with Crippen LogP contribution in [-0.2, 0) is 0 Å². The highest BCUT2D eigenvalue weighted by Gasteiger charge is 2.11. The molecule has 0 aliphatic rings. The second-order valence-corrected chi connectivity index (χ2v) is 6.83. The summed E-state index contributed by atoms with van der Waals surface area (Å²) in [5, 5.41) is 14.8. The van der Waals surface area contributed by atoms with Gasteiger partial charge in [0.05, 0.1) is 22.8 Å². The summed E-state index contributed by atoms with van der Waals surface area (Å²) in [5.74, 6) is 0. The number of aliphatic hydroxyl groups excluding tert-OH is 1. The molecule has 1 heterocycles. The van der Waals surface area contributed by atoms with Crippen LogP contribution in [0.25, 0.3) is 10.9 Å². The molecule has 1 atom stereocenters. The van der Waals surface area contributed by atoms with Gasteiger partial charge in [-0.05, 0) is 51.1 Å². The van der Waals surface area contributed by atoms with Crippen molar-refractivity contribution >= 4 is 39.8 Å². The summed E-state index contributed by atoms with van der Waals surface area (Å²) in [6.07, 6.45) is 3.75. The Bertz CT molecular complexity index is 666. The molecule has 4 nitrogen and oxygen atoms in total. The van der Waals surface area contributed by atoms with E-state index >= 15 is 0 Å². The zero-order valence-electron chi connectivity index (χ0n) is 14.2. The van der Waals surface area contributed by atoms with Crippen molar-refractivity contribution in [3.05, 3.63) is 34.4 Å². The molecule has 0 saturated carbocycles. The molecule has 0 spiro atoms. The Hall–Kier alpha value is -1.07. The van der Waals surface area contributed by atoms with Gasteiger partial charge in [0.1, 0.15) is 0 Å². The van der Waals surface area contributed by atoms with E-state index in [2.05, 4.69) is 29.0 Å². The first-order chi connectivity index (χ1) is 11.5. The molecular formula is C18H25Cl2N3O. The molecule has 1 aromatic heterocycles.